The lowest BCUT2D eigenvalue weighted by Crippen LogP contribution is -2.37. The molecule has 2 aliphatic heterocycles. The van der Waals surface area contributed by atoms with Crippen molar-refractivity contribution in [1.82, 2.24) is 5.32 Å². The van der Waals surface area contributed by atoms with Gasteiger partial charge in [-0.15, -0.1) is 0 Å². The standard InChI is InChI=1S/C19H19NO2/c1-2-6-16-14(5-1)13-22-19-8-4-3-7-17(19)18(16)11-15-12-20-9-10-21-15/h1-8,11,15,20H,9-10,12-13H2/b18-11-. The molecule has 1 atom stereocenters. The van der Waals surface area contributed by atoms with Gasteiger partial charge in [-0.05, 0) is 28.8 Å². The Morgan fingerprint density at radius 2 is 1.82 bits per heavy atom. The van der Waals surface area contributed by atoms with Gasteiger partial charge in [-0.1, -0.05) is 42.5 Å². The van der Waals surface area contributed by atoms with Gasteiger partial charge in [-0.2, -0.15) is 0 Å². The molecular weight excluding hydrogens is 274 g/mol. The zero-order valence-electron chi connectivity index (χ0n) is 12.4. The summed E-state index contributed by atoms with van der Waals surface area (Å²) in [6, 6.07) is 16.7. The van der Waals surface area contributed by atoms with Crippen LogP contribution >= 0.6 is 0 Å². The molecule has 1 saturated heterocycles. The van der Waals surface area contributed by atoms with E-state index >= 15 is 0 Å². The predicted octanol–water partition coefficient (Wildman–Crippen LogP) is 3.00. The molecule has 1 unspecified atom stereocenters. The number of rotatable bonds is 1. The molecular formula is C19H19NO2. The number of hydrogen-bond donors (Lipinski definition) is 1. The van der Waals surface area contributed by atoms with Gasteiger partial charge < -0.3 is 14.8 Å². The fourth-order valence-electron chi connectivity index (χ4n) is 3.08. The summed E-state index contributed by atoms with van der Waals surface area (Å²) in [7, 11) is 0. The molecule has 0 aliphatic carbocycles. The molecule has 3 heteroatoms. The van der Waals surface area contributed by atoms with Gasteiger partial charge in [0, 0.05) is 18.7 Å². The third-order valence-corrected chi connectivity index (χ3v) is 4.18. The largest absolute Gasteiger partial charge is 0.488 e. The molecule has 0 spiro atoms. The van der Waals surface area contributed by atoms with Crippen molar-refractivity contribution in [2.24, 2.45) is 0 Å². The van der Waals surface area contributed by atoms with Crippen molar-refractivity contribution in [2.75, 3.05) is 19.7 Å². The molecule has 0 bridgehead atoms. The highest BCUT2D eigenvalue weighted by atomic mass is 16.5. The molecule has 2 heterocycles. The van der Waals surface area contributed by atoms with Crippen LogP contribution in [0, 0.1) is 0 Å². The van der Waals surface area contributed by atoms with Gasteiger partial charge >= 0.3 is 0 Å². The zero-order valence-corrected chi connectivity index (χ0v) is 12.4. The smallest absolute Gasteiger partial charge is 0.127 e. The SMILES string of the molecule is C(=C1\c2ccccc2COc2ccccc21)/C1CNCCO1. The Hall–Kier alpha value is -2.10. The second-order valence-electron chi connectivity index (χ2n) is 5.64. The van der Waals surface area contributed by atoms with E-state index in [2.05, 4.69) is 47.8 Å². The molecule has 1 N–H and O–H groups in total. The van der Waals surface area contributed by atoms with Gasteiger partial charge in [0.05, 0.1) is 12.7 Å². The highest BCUT2D eigenvalue weighted by Gasteiger charge is 2.20. The Morgan fingerprint density at radius 1 is 1.00 bits per heavy atom. The van der Waals surface area contributed by atoms with E-state index in [9.17, 15) is 0 Å². The summed E-state index contributed by atoms with van der Waals surface area (Å²) in [5, 5.41) is 3.39. The second-order valence-corrected chi connectivity index (χ2v) is 5.64. The van der Waals surface area contributed by atoms with Crippen molar-refractivity contribution in [1.29, 1.82) is 0 Å². The monoisotopic (exact) mass is 293 g/mol. The van der Waals surface area contributed by atoms with E-state index in [1.54, 1.807) is 0 Å². The topological polar surface area (TPSA) is 30.5 Å². The third kappa shape index (κ3) is 2.54. The van der Waals surface area contributed by atoms with Crippen molar-refractivity contribution in [2.45, 2.75) is 12.7 Å². The van der Waals surface area contributed by atoms with E-state index in [1.165, 1.54) is 16.7 Å². The molecule has 22 heavy (non-hydrogen) atoms. The number of hydrogen-bond acceptors (Lipinski definition) is 3. The number of benzene rings is 2. The minimum absolute atomic E-state index is 0.1000. The molecule has 0 radical (unpaired) electrons. The van der Waals surface area contributed by atoms with Crippen molar-refractivity contribution < 1.29 is 9.47 Å². The molecule has 0 amide bonds. The van der Waals surface area contributed by atoms with Gasteiger partial charge in [-0.3, -0.25) is 0 Å². The molecule has 1 fully saturated rings. The lowest BCUT2D eigenvalue weighted by molar-refractivity contribution is 0.0595. The number of fused-ring (bicyclic) bond motifs is 2. The normalized spacial score (nSPS) is 22.4. The summed E-state index contributed by atoms with van der Waals surface area (Å²) in [5.41, 5.74) is 4.80. The summed E-state index contributed by atoms with van der Waals surface area (Å²) in [6.07, 6.45) is 2.33. The first-order valence-electron chi connectivity index (χ1n) is 7.76. The van der Waals surface area contributed by atoms with Crippen LogP contribution in [0.3, 0.4) is 0 Å². The van der Waals surface area contributed by atoms with Crippen LogP contribution in [0.5, 0.6) is 5.75 Å². The van der Waals surface area contributed by atoms with E-state index < -0.39 is 0 Å². The van der Waals surface area contributed by atoms with Gasteiger partial charge in [0.15, 0.2) is 0 Å². The molecule has 0 saturated carbocycles. The number of morpholine rings is 1. The Bertz CT molecular complexity index is 653. The maximum atomic E-state index is 6.00. The van der Waals surface area contributed by atoms with Gasteiger partial charge in [0.1, 0.15) is 12.4 Å². The summed E-state index contributed by atoms with van der Waals surface area (Å²) < 4.78 is 11.9. The molecule has 0 aromatic heterocycles. The van der Waals surface area contributed by atoms with Crippen LogP contribution < -0.4 is 10.1 Å². The summed E-state index contributed by atoms with van der Waals surface area (Å²) in [4.78, 5) is 0. The van der Waals surface area contributed by atoms with E-state index in [0.717, 1.165) is 31.0 Å². The first-order valence-corrected chi connectivity index (χ1v) is 7.76. The fourth-order valence-corrected chi connectivity index (χ4v) is 3.08. The minimum Gasteiger partial charge on any atom is -0.488 e. The Balaban J connectivity index is 1.85. The Labute approximate surface area is 130 Å². The lowest BCUT2D eigenvalue weighted by Gasteiger charge is -2.22. The van der Waals surface area contributed by atoms with E-state index in [0.29, 0.717) is 6.61 Å². The van der Waals surface area contributed by atoms with Crippen LogP contribution in [0.2, 0.25) is 0 Å². The lowest BCUT2D eigenvalue weighted by atomic mass is 9.93. The number of para-hydroxylation sites is 1. The summed E-state index contributed by atoms with van der Waals surface area (Å²) in [5.74, 6) is 0.939. The van der Waals surface area contributed by atoms with E-state index in [4.69, 9.17) is 9.47 Å². The maximum Gasteiger partial charge on any atom is 0.127 e. The van der Waals surface area contributed by atoms with Gasteiger partial charge in [-0.25, -0.2) is 0 Å². The molecule has 2 aromatic rings. The molecule has 2 aliphatic rings. The fraction of sp³-hybridized carbons (Fsp3) is 0.263. The number of ether oxygens (including phenoxy) is 2. The number of nitrogens with one attached hydrogen (secondary N) is 1. The van der Waals surface area contributed by atoms with Crippen molar-refractivity contribution in [3.8, 4) is 5.75 Å². The van der Waals surface area contributed by atoms with Crippen molar-refractivity contribution >= 4 is 5.57 Å². The van der Waals surface area contributed by atoms with Crippen LogP contribution in [-0.4, -0.2) is 25.8 Å². The molecule has 4 rings (SSSR count). The maximum absolute atomic E-state index is 6.00. The van der Waals surface area contributed by atoms with Crippen molar-refractivity contribution in [3.63, 3.8) is 0 Å². The average molecular weight is 293 g/mol. The minimum atomic E-state index is 0.1000. The van der Waals surface area contributed by atoms with Crippen LogP contribution in [0.15, 0.2) is 54.6 Å². The van der Waals surface area contributed by atoms with Crippen LogP contribution in [0.25, 0.3) is 5.57 Å². The Kier molecular flexibility index (Phi) is 3.67. The highest BCUT2D eigenvalue weighted by Crippen LogP contribution is 2.36. The van der Waals surface area contributed by atoms with Crippen LogP contribution in [-0.2, 0) is 11.3 Å². The molecule has 112 valence electrons. The van der Waals surface area contributed by atoms with E-state index in [-0.39, 0.29) is 6.10 Å². The predicted molar refractivity (Wildman–Crippen MR) is 86.9 cm³/mol. The first kappa shape index (κ1) is 13.6. The molecule has 3 nitrogen and oxygen atoms in total. The first-order chi connectivity index (χ1) is 10.9. The Morgan fingerprint density at radius 3 is 2.68 bits per heavy atom. The van der Waals surface area contributed by atoms with Gasteiger partial charge in [0.25, 0.3) is 0 Å². The van der Waals surface area contributed by atoms with E-state index in [1.807, 2.05) is 12.1 Å². The third-order valence-electron chi connectivity index (χ3n) is 4.18. The van der Waals surface area contributed by atoms with Gasteiger partial charge in [0.2, 0.25) is 0 Å². The average Bonchev–Trinajstić information content (AvgIpc) is 2.74. The summed E-state index contributed by atoms with van der Waals surface area (Å²) in [6.45, 7) is 3.15. The van der Waals surface area contributed by atoms with Crippen molar-refractivity contribution in [3.05, 3.63) is 71.3 Å². The highest BCUT2D eigenvalue weighted by molar-refractivity contribution is 5.85. The van der Waals surface area contributed by atoms with Crippen LogP contribution in [0.1, 0.15) is 16.7 Å². The van der Waals surface area contributed by atoms with Crippen LogP contribution in [0.4, 0.5) is 0 Å². The quantitative estimate of drug-likeness (QED) is 0.877. The second kappa shape index (κ2) is 5.95. The molecule has 2 aromatic carbocycles. The zero-order chi connectivity index (χ0) is 14.8. The summed E-state index contributed by atoms with van der Waals surface area (Å²) >= 11 is 0.